The molecule has 0 bridgehead atoms. The fourth-order valence-corrected chi connectivity index (χ4v) is 1.80. The maximum absolute atomic E-state index is 5.10. The van der Waals surface area contributed by atoms with E-state index in [1.807, 2.05) is 0 Å². The third-order valence-corrected chi connectivity index (χ3v) is 2.68. The molecule has 1 aliphatic rings. The minimum absolute atomic E-state index is 0.500. The minimum atomic E-state index is 0.500. The molecule has 0 amide bonds. The van der Waals surface area contributed by atoms with Gasteiger partial charge in [0.1, 0.15) is 0 Å². The van der Waals surface area contributed by atoms with Crippen molar-refractivity contribution < 1.29 is 4.74 Å². The molecule has 3 heteroatoms. The van der Waals surface area contributed by atoms with Crippen molar-refractivity contribution in [2.45, 2.75) is 13.0 Å². The van der Waals surface area contributed by atoms with Gasteiger partial charge in [0.05, 0.1) is 19.3 Å². The molecule has 13 heavy (non-hydrogen) atoms. The highest BCUT2D eigenvalue weighted by molar-refractivity contribution is 9.10. The normalized spacial score (nSPS) is 16.8. The predicted octanol–water partition coefficient (Wildman–Crippen LogP) is 2.57. The van der Waals surface area contributed by atoms with Gasteiger partial charge in [0.25, 0.3) is 0 Å². The highest BCUT2D eigenvalue weighted by atomic mass is 79.9. The Labute approximate surface area is 86.4 Å². The van der Waals surface area contributed by atoms with Gasteiger partial charge in [-0.3, -0.25) is 0 Å². The van der Waals surface area contributed by atoms with Gasteiger partial charge in [-0.25, -0.2) is 0 Å². The molecule has 0 aliphatic carbocycles. The van der Waals surface area contributed by atoms with Crippen LogP contribution in [0.5, 0.6) is 0 Å². The van der Waals surface area contributed by atoms with Gasteiger partial charge >= 0.3 is 0 Å². The lowest BCUT2D eigenvalue weighted by Gasteiger charge is -2.28. The van der Waals surface area contributed by atoms with E-state index < -0.39 is 0 Å². The molecule has 0 unspecified atom stereocenters. The Kier molecular flexibility index (Phi) is 2.56. The average molecular weight is 242 g/mol. The SMILES string of the molecule is Cc1cc(Br)ccc1NC1COC1. The summed E-state index contributed by atoms with van der Waals surface area (Å²) >= 11 is 3.44. The molecule has 2 nitrogen and oxygen atoms in total. The largest absolute Gasteiger partial charge is 0.377 e. The van der Waals surface area contributed by atoms with Crippen molar-refractivity contribution in [1.29, 1.82) is 0 Å². The Balaban J connectivity index is 2.10. The zero-order chi connectivity index (χ0) is 9.26. The first-order valence-corrected chi connectivity index (χ1v) is 5.15. The minimum Gasteiger partial charge on any atom is -0.377 e. The van der Waals surface area contributed by atoms with Crippen molar-refractivity contribution in [1.82, 2.24) is 0 Å². The Morgan fingerprint density at radius 3 is 2.77 bits per heavy atom. The van der Waals surface area contributed by atoms with Crippen LogP contribution in [0.1, 0.15) is 5.56 Å². The lowest BCUT2D eigenvalue weighted by molar-refractivity contribution is 0.0211. The highest BCUT2D eigenvalue weighted by Crippen LogP contribution is 2.21. The van der Waals surface area contributed by atoms with E-state index in [1.54, 1.807) is 0 Å². The van der Waals surface area contributed by atoms with Gasteiger partial charge in [0, 0.05) is 10.2 Å². The Morgan fingerprint density at radius 1 is 1.46 bits per heavy atom. The molecule has 1 heterocycles. The van der Waals surface area contributed by atoms with Crippen LogP contribution in [0.15, 0.2) is 22.7 Å². The van der Waals surface area contributed by atoms with E-state index in [2.05, 4.69) is 46.4 Å². The Hall–Kier alpha value is -0.540. The second-order valence-electron chi connectivity index (χ2n) is 3.34. The fraction of sp³-hybridized carbons (Fsp3) is 0.400. The summed E-state index contributed by atoms with van der Waals surface area (Å²) < 4.78 is 6.22. The smallest absolute Gasteiger partial charge is 0.0728 e. The van der Waals surface area contributed by atoms with Gasteiger partial charge in [-0.1, -0.05) is 15.9 Å². The fourth-order valence-electron chi connectivity index (χ4n) is 1.33. The standard InChI is InChI=1S/C10H12BrNO/c1-7-4-8(11)2-3-10(7)12-9-5-13-6-9/h2-4,9,12H,5-6H2,1H3. The Bertz CT molecular complexity index is 310. The summed E-state index contributed by atoms with van der Waals surface area (Å²) in [5.74, 6) is 0. The third kappa shape index (κ3) is 2.03. The molecule has 0 spiro atoms. The van der Waals surface area contributed by atoms with Crippen molar-refractivity contribution >= 4 is 21.6 Å². The number of halogens is 1. The first-order chi connectivity index (χ1) is 6.25. The van der Waals surface area contributed by atoms with E-state index in [0.717, 1.165) is 17.7 Å². The van der Waals surface area contributed by atoms with Crippen LogP contribution < -0.4 is 5.32 Å². The topological polar surface area (TPSA) is 21.3 Å². The molecule has 1 aromatic rings. The molecule has 1 aromatic carbocycles. The van der Waals surface area contributed by atoms with E-state index in [9.17, 15) is 0 Å². The molecule has 0 radical (unpaired) electrons. The van der Waals surface area contributed by atoms with Crippen LogP contribution in [0.4, 0.5) is 5.69 Å². The number of ether oxygens (including phenoxy) is 1. The quantitative estimate of drug-likeness (QED) is 0.860. The summed E-state index contributed by atoms with van der Waals surface area (Å²) in [5, 5.41) is 3.43. The summed E-state index contributed by atoms with van der Waals surface area (Å²) in [6.45, 7) is 3.76. The molecular weight excluding hydrogens is 230 g/mol. The molecule has 0 saturated carbocycles. The average Bonchev–Trinajstić information content (AvgIpc) is 1.99. The van der Waals surface area contributed by atoms with Crippen LogP contribution in [0, 0.1) is 6.92 Å². The van der Waals surface area contributed by atoms with Gasteiger partial charge in [-0.2, -0.15) is 0 Å². The number of nitrogens with one attached hydrogen (secondary N) is 1. The molecule has 0 aromatic heterocycles. The molecule has 0 atom stereocenters. The number of benzene rings is 1. The molecule has 1 N–H and O–H groups in total. The van der Waals surface area contributed by atoms with Crippen molar-refractivity contribution in [3.63, 3.8) is 0 Å². The van der Waals surface area contributed by atoms with Crippen molar-refractivity contribution in [3.05, 3.63) is 28.2 Å². The van der Waals surface area contributed by atoms with Crippen LogP contribution in [0.3, 0.4) is 0 Å². The summed E-state index contributed by atoms with van der Waals surface area (Å²) in [7, 11) is 0. The van der Waals surface area contributed by atoms with Gasteiger partial charge in [0.15, 0.2) is 0 Å². The van der Waals surface area contributed by atoms with Gasteiger partial charge in [-0.15, -0.1) is 0 Å². The van der Waals surface area contributed by atoms with E-state index in [0.29, 0.717) is 6.04 Å². The maximum Gasteiger partial charge on any atom is 0.0728 e. The molecule has 70 valence electrons. The lowest BCUT2D eigenvalue weighted by atomic mass is 10.1. The number of aryl methyl sites for hydroxylation is 1. The van der Waals surface area contributed by atoms with E-state index in [-0.39, 0.29) is 0 Å². The summed E-state index contributed by atoms with van der Waals surface area (Å²) in [6, 6.07) is 6.76. The summed E-state index contributed by atoms with van der Waals surface area (Å²) in [5.41, 5.74) is 2.47. The molecule has 2 rings (SSSR count). The second-order valence-corrected chi connectivity index (χ2v) is 4.25. The predicted molar refractivity (Wildman–Crippen MR) is 57.1 cm³/mol. The van der Waals surface area contributed by atoms with Gasteiger partial charge < -0.3 is 10.1 Å². The summed E-state index contributed by atoms with van der Waals surface area (Å²) in [4.78, 5) is 0. The van der Waals surface area contributed by atoms with Crippen molar-refractivity contribution in [2.75, 3.05) is 18.5 Å². The van der Waals surface area contributed by atoms with E-state index >= 15 is 0 Å². The van der Waals surface area contributed by atoms with Crippen molar-refractivity contribution in [3.8, 4) is 0 Å². The van der Waals surface area contributed by atoms with Crippen LogP contribution in [0.2, 0.25) is 0 Å². The van der Waals surface area contributed by atoms with E-state index in [4.69, 9.17) is 4.74 Å². The Morgan fingerprint density at radius 2 is 2.23 bits per heavy atom. The zero-order valence-electron chi connectivity index (χ0n) is 7.51. The van der Waals surface area contributed by atoms with Gasteiger partial charge in [0.2, 0.25) is 0 Å². The second kappa shape index (κ2) is 3.68. The molecular formula is C10H12BrNO. The molecule has 1 aliphatic heterocycles. The monoisotopic (exact) mass is 241 g/mol. The van der Waals surface area contributed by atoms with Crippen LogP contribution in [-0.2, 0) is 4.74 Å². The first kappa shape index (κ1) is 9.03. The zero-order valence-corrected chi connectivity index (χ0v) is 9.10. The number of rotatable bonds is 2. The maximum atomic E-state index is 5.10. The number of hydrogen-bond donors (Lipinski definition) is 1. The third-order valence-electron chi connectivity index (χ3n) is 2.19. The molecule has 1 fully saturated rings. The van der Waals surface area contributed by atoms with Crippen LogP contribution >= 0.6 is 15.9 Å². The molecule has 1 saturated heterocycles. The first-order valence-electron chi connectivity index (χ1n) is 4.36. The number of hydrogen-bond acceptors (Lipinski definition) is 2. The van der Waals surface area contributed by atoms with Crippen molar-refractivity contribution in [2.24, 2.45) is 0 Å². The number of anilines is 1. The lowest BCUT2D eigenvalue weighted by Crippen LogP contribution is -2.40. The van der Waals surface area contributed by atoms with Crippen LogP contribution in [-0.4, -0.2) is 19.3 Å². The summed E-state index contributed by atoms with van der Waals surface area (Å²) in [6.07, 6.45) is 0. The van der Waals surface area contributed by atoms with Crippen LogP contribution in [0.25, 0.3) is 0 Å². The van der Waals surface area contributed by atoms with Gasteiger partial charge in [-0.05, 0) is 30.7 Å². The van der Waals surface area contributed by atoms with E-state index in [1.165, 1.54) is 11.3 Å². The highest BCUT2D eigenvalue weighted by Gasteiger charge is 2.18.